The maximum absolute atomic E-state index is 12.9. The first-order valence-corrected chi connectivity index (χ1v) is 11.4. The van der Waals surface area contributed by atoms with Gasteiger partial charge in [-0.05, 0) is 73.1 Å². The molecule has 0 N–H and O–H groups in total. The van der Waals surface area contributed by atoms with Gasteiger partial charge in [0, 0.05) is 22.5 Å². The average Bonchev–Trinajstić information content (AvgIpc) is 3.18. The summed E-state index contributed by atoms with van der Waals surface area (Å²) in [6.07, 6.45) is 1.67. The van der Waals surface area contributed by atoms with Gasteiger partial charge in [-0.1, -0.05) is 35.3 Å². The van der Waals surface area contributed by atoms with Crippen LogP contribution in [0.1, 0.15) is 22.5 Å². The van der Waals surface area contributed by atoms with Gasteiger partial charge in [-0.3, -0.25) is 24.6 Å². The Hall–Kier alpha value is -3.07. The molecular formula is C23H17Cl2N3O4S. The van der Waals surface area contributed by atoms with Crippen molar-refractivity contribution < 1.29 is 14.5 Å². The van der Waals surface area contributed by atoms with Crippen LogP contribution >= 0.6 is 35.0 Å². The second-order valence-corrected chi connectivity index (χ2v) is 9.29. The van der Waals surface area contributed by atoms with Crippen LogP contribution in [0.4, 0.5) is 10.5 Å². The van der Waals surface area contributed by atoms with Gasteiger partial charge >= 0.3 is 0 Å². The Balaban J connectivity index is 1.65. The van der Waals surface area contributed by atoms with E-state index in [-0.39, 0.29) is 28.4 Å². The summed E-state index contributed by atoms with van der Waals surface area (Å²) in [5, 5.41) is 11.5. The minimum Gasteiger partial charge on any atom is -0.318 e. The second-order valence-electron chi connectivity index (χ2n) is 7.45. The van der Waals surface area contributed by atoms with Crippen molar-refractivity contribution in [2.45, 2.75) is 20.4 Å². The van der Waals surface area contributed by atoms with Gasteiger partial charge in [-0.25, -0.2) is 0 Å². The lowest BCUT2D eigenvalue weighted by Crippen LogP contribution is -2.27. The number of benzene rings is 2. The number of hydrogen-bond donors (Lipinski definition) is 0. The number of amides is 2. The predicted molar refractivity (Wildman–Crippen MR) is 130 cm³/mol. The SMILES string of the molecule is Cc1cc(/C=C2\SC(=O)N(Cc3cccc(Cl)c3)C2=O)c(C)n1-c1ccc(Cl)c([N+](=O)[O-])c1. The number of halogens is 2. The molecule has 1 aromatic heterocycles. The first kappa shape index (κ1) is 23.1. The fraction of sp³-hybridized carbons (Fsp3) is 0.130. The number of carbonyl (C=O) groups excluding carboxylic acids is 2. The molecular weight excluding hydrogens is 485 g/mol. The molecule has 0 unspecified atom stereocenters. The number of nitrogens with zero attached hydrogens (tertiary/aromatic N) is 3. The van der Waals surface area contributed by atoms with E-state index in [1.54, 1.807) is 36.4 Å². The highest BCUT2D eigenvalue weighted by atomic mass is 35.5. The van der Waals surface area contributed by atoms with Crippen molar-refractivity contribution in [3.05, 3.63) is 96.1 Å². The molecule has 0 atom stereocenters. The molecule has 0 bridgehead atoms. The number of carbonyl (C=O) groups is 2. The summed E-state index contributed by atoms with van der Waals surface area (Å²) in [4.78, 5) is 37.7. The Bertz CT molecular complexity index is 1350. The van der Waals surface area contributed by atoms with E-state index in [0.29, 0.717) is 15.6 Å². The number of rotatable bonds is 5. The molecule has 2 aromatic carbocycles. The van der Waals surface area contributed by atoms with E-state index < -0.39 is 4.92 Å². The van der Waals surface area contributed by atoms with Crippen LogP contribution in [-0.2, 0) is 11.3 Å². The molecule has 0 aliphatic carbocycles. The topological polar surface area (TPSA) is 85.5 Å². The average molecular weight is 502 g/mol. The third kappa shape index (κ3) is 4.55. The molecule has 4 rings (SSSR count). The van der Waals surface area contributed by atoms with E-state index in [9.17, 15) is 19.7 Å². The Labute approximate surface area is 203 Å². The summed E-state index contributed by atoms with van der Waals surface area (Å²) in [7, 11) is 0. The fourth-order valence-corrected chi connectivity index (χ4v) is 4.94. The standard InChI is InChI=1S/C23H17Cl2N3O4S/c1-13-8-16(14(2)27(13)18-6-7-19(25)20(11-18)28(31)32)10-21-22(29)26(23(30)33-21)12-15-4-3-5-17(24)9-15/h3-11H,12H2,1-2H3/b21-10-. The lowest BCUT2D eigenvalue weighted by Gasteiger charge is -2.12. The molecule has 168 valence electrons. The molecule has 10 heteroatoms. The Morgan fingerprint density at radius 3 is 2.55 bits per heavy atom. The van der Waals surface area contributed by atoms with Gasteiger partial charge in [0.25, 0.3) is 16.8 Å². The number of thioether (sulfide) groups is 1. The number of aromatic nitrogens is 1. The smallest absolute Gasteiger partial charge is 0.293 e. The Morgan fingerprint density at radius 1 is 1.09 bits per heavy atom. The van der Waals surface area contributed by atoms with Crippen molar-refractivity contribution in [1.82, 2.24) is 9.47 Å². The number of imide groups is 1. The van der Waals surface area contributed by atoms with Crippen molar-refractivity contribution in [3.63, 3.8) is 0 Å². The lowest BCUT2D eigenvalue weighted by atomic mass is 10.2. The minimum absolute atomic E-state index is 0.0554. The number of nitro groups is 1. The van der Waals surface area contributed by atoms with Gasteiger partial charge in [-0.2, -0.15) is 0 Å². The molecule has 2 heterocycles. The first-order valence-electron chi connectivity index (χ1n) is 9.79. The molecule has 1 aliphatic heterocycles. The molecule has 1 fully saturated rings. The molecule has 1 saturated heterocycles. The summed E-state index contributed by atoms with van der Waals surface area (Å²) in [6, 6.07) is 13.5. The van der Waals surface area contributed by atoms with Gasteiger partial charge in [0.05, 0.1) is 22.1 Å². The number of hydrogen-bond acceptors (Lipinski definition) is 5. The zero-order valence-electron chi connectivity index (χ0n) is 17.5. The summed E-state index contributed by atoms with van der Waals surface area (Å²) in [5.41, 5.74) is 3.46. The highest BCUT2D eigenvalue weighted by molar-refractivity contribution is 8.18. The van der Waals surface area contributed by atoms with Crippen LogP contribution in [-0.4, -0.2) is 25.5 Å². The monoisotopic (exact) mass is 501 g/mol. The van der Waals surface area contributed by atoms with Crippen LogP contribution in [0.15, 0.2) is 53.4 Å². The fourth-order valence-electron chi connectivity index (χ4n) is 3.71. The maximum Gasteiger partial charge on any atom is 0.293 e. The van der Waals surface area contributed by atoms with Gasteiger partial charge < -0.3 is 4.57 Å². The third-order valence-corrected chi connectivity index (χ3v) is 6.71. The molecule has 0 spiro atoms. The van der Waals surface area contributed by atoms with Crippen LogP contribution in [0, 0.1) is 24.0 Å². The van der Waals surface area contributed by atoms with E-state index >= 15 is 0 Å². The van der Waals surface area contributed by atoms with Crippen LogP contribution in [0.25, 0.3) is 11.8 Å². The van der Waals surface area contributed by atoms with Gasteiger partial charge in [0.1, 0.15) is 5.02 Å². The van der Waals surface area contributed by atoms with Crippen molar-refractivity contribution in [2.75, 3.05) is 0 Å². The van der Waals surface area contributed by atoms with Gasteiger partial charge in [0.2, 0.25) is 0 Å². The van der Waals surface area contributed by atoms with E-state index in [1.165, 1.54) is 17.0 Å². The van der Waals surface area contributed by atoms with Crippen molar-refractivity contribution in [3.8, 4) is 5.69 Å². The first-order chi connectivity index (χ1) is 15.7. The minimum atomic E-state index is -0.531. The number of nitro benzene ring substituents is 1. The molecule has 7 nitrogen and oxygen atoms in total. The van der Waals surface area contributed by atoms with E-state index in [2.05, 4.69) is 0 Å². The summed E-state index contributed by atoms with van der Waals surface area (Å²) >= 11 is 12.8. The molecule has 0 saturated carbocycles. The summed E-state index contributed by atoms with van der Waals surface area (Å²) in [5.74, 6) is -0.378. The van der Waals surface area contributed by atoms with Gasteiger partial charge in [-0.15, -0.1) is 0 Å². The predicted octanol–water partition coefficient (Wildman–Crippen LogP) is 6.55. The highest BCUT2D eigenvalue weighted by Crippen LogP contribution is 2.35. The second kappa shape index (κ2) is 9.05. The van der Waals surface area contributed by atoms with Crippen molar-refractivity contribution in [1.29, 1.82) is 0 Å². The van der Waals surface area contributed by atoms with E-state index in [0.717, 1.165) is 34.3 Å². The maximum atomic E-state index is 12.9. The normalized spacial score (nSPS) is 15.0. The van der Waals surface area contributed by atoms with Gasteiger partial charge in [0.15, 0.2) is 0 Å². The summed E-state index contributed by atoms with van der Waals surface area (Å²) < 4.78 is 1.84. The molecule has 3 aromatic rings. The van der Waals surface area contributed by atoms with Crippen LogP contribution < -0.4 is 0 Å². The molecule has 1 aliphatic rings. The van der Waals surface area contributed by atoms with E-state index in [1.807, 2.05) is 24.5 Å². The molecule has 0 radical (unpaired) electrons. The zero-order chi connectivity index (χ0) is 23.9. The highest BCUT2D eigenvalue weighted by Gasteiger charge is 2.35. The Morgan fingerprint density at radius 2 is 1.85 bits per heavy atom. The largest absolute Gasteiger partial charge is 0.318 e. The van der Waals surface area contributed by atoms with Crippen LogP contribution in [0.5, 0.6) is 0 Å². The lowest BCUT2D eigenvalue weighted by molar-refractivity contribution is -0.384. The van der Waals surface area contributed by atoms with Crippen molar-refractivity contribution >= 4 is 57.9 Å². The van der Waals surface area contributed by atoms with Crippen LogP contribution in [0.3, 0.4) is 0 Å². The van der Waals surface area contributed by atoms with Crippen LogP contribution in [0.2, 0.25) is 10.0 Å². The number of aryl methyl sites for hydroxylation is 1. The van der Waals surface area contributed by atoms with E-state index in [4.69, 9.17) is 23.2 Å². The quantitative estimate of drug-likeness (QED) is 0.225. The molecule has 2 amide bonds. The Kier molecular flexibility index (Phi) is 6.34. The third-order valence-electron chi connectivity index (χ3n) is 5.24. The zero-order valence-corrected chi connectivity index (χ0v) is 19.9. The van der Waals surface area contributed by atoms with Crippen molar-refractivity contribution in [2.24, 2.45) is 0 Å². The summed E-state index contributed by atoms with van der Waals surface area (Å²) in [6.45, 7) is 3.83. The molecule has 33 heavy (non-hydrogen) atoms.